The highest BCUT2D eigenvalue weighted by atomic mass is 16.5. The van der Waals surface area contributed by atoms with Crippen molar-refractivity contribution in [3.05, 3.63) is 88.1 Å². The fourth-order valence-corrected chi connectivity index (χ4v) is 6.02. The van der Waals surface area contributed by atoms with E-state index in [2.05, 4.69) is 21.7 Å². The first-order valence-electron chi connectivity index (χ1n) is 14.0. The van der Waals surface area contributed by atoms with Crippen molar-refractivity contribution in [2.45, 2.75) is 65.5 Å². The molecule has 2 aliphatic rings. The van der Waals surface area contributed by atoms with E-state index in [1.54, 1.807) is 18.2 Å². The molecule has 3 aromatic rings. The average molecular weight is 555 g/mol. The maximum atomic E-state index is 13.5. The number of pyridine rings is 1. The van der Waals surface area contributed by atoms with Crippen molar-refractivity contribution in [3.8, 4) is 0 Å². The second-order valence-corrected chi connectivity index (χ2v) is 12.3. The van der Waals surface area contributed by atoms with Crippen LogP contribution in [-0.2, 0) is 43.9 Å². The van der Waals surface area contributed by atoms with E-state index in [1.165, 1.54) is 0 Å². The van der Waals surface area contributed by atoms with Crippen LogP contribution in [0.25, 0.3) is 0 Å². The number of rotatable bonds is 7. The summed E-state index contributed by atoms with van der Waals surface area (Å²) >= 11 is 0. The highest BCUT2D eigenvalue weighted by Crippen LogP contribution is 2.47. The number of anilines is 2. The van der Waals surface area contributed by atoms with Crippen molar-refractivity contribution >= 4 is 29.2 Å². The summed E-state index contributed by atoms with van der Waals surface area (Å²) in [5, 5.41) is 5.99. The van der Waals surface area contributed by atoms with Crippen molar-refractivity contribution in [2.75, 3.05) is 24.3 Å². The van der Waals surface area contributed by atoms with Crippen LogP contribution in [0.15, 0.2) is 54.7 Å². The molecule has 8 nitrogen and oxygen atoms in total. The molecule has 2 heterocycles. The minimum absolute atomic E-state index is 0.0370. The van der Waals surface area contributed by atoms with E-state index in [1.807, 2.05) is 77.1 Å². The van der Waals surface area contributed by atoms with Crippen LogP contribution in [0.4, 0.5) is 11.5 Å². The Balaban J connectivity index is 1.37. The second-order valence-electron chi connectivity index (χ2n) is 12.3. The molecule has 2 N–H and O–H groups in total. The van der Waals surface area contributed by atoms with Crippen molar-refractivity contribution in [1.82, 2.24) is 9.88 Å². The Morgan fingerprint density at radius 3 is 2.54 bits per heavy atom. The number of nitrogens with zero attached hydrogens (tertiary/aromatic N) is 2. The number of amides is 3. The Morgan fingerprint density at radius 1 is 1.12 bits per heavy atom. The highest BCUT2D eigenvalue weighted by Gasteiger charge is 2.51. The first-order valence-corrected chi connectivity index (χ1v) is 14.0. The molecule has 2 unspecified atom stereocenters. The van der Waals surface area contributed by atoms with Gasteiger partial charge in [0.2, 0.25) is 17.7 Å². The first-order chi connectivity index (χ1) is 19.4. The van der Waals surface area contributed by atoms with Gasteiger partial charge in [-0.25, -0.2) is 4.98 Å². The van der Waals surface area contributed by atoms with Gasteiger partial charge in [0.25, 0.3) is 0 Å². The molecule has 0 bridgehead atoms. The molecule has 0 saturated heterocycles. The lowest BCUT2D eigenvalue weighted by Gasteiger charge is -2.30. The Bertz CT molecular complexity index is 1530. The monoisotopic (exact) mass is 554 g/mol. The predicted octanol–water partition coefficient (Wildman–Crippen LogP) is 5.10. The number of aromatic nitrogens is 1. The van der Waals surface area contributed by atoms with Crippen LogP contribution in [0.3, 0.4) is 0 Å². The zero-order chi connectivity index (χ0) is 29.5. The van der Waals surface area contributed by atoms with Crippen LogP contribution in [0, 0.1) is 12.3 Å². The van der Waals surface area contributed by atoms with Gasteiger partial charge >= 0.3 is 0 Å². The van der Waals surface area contributed by atoms with Crippen molar-refractivity contribution in [2.24, 2.45) is 5.41 Å². The zero-order valence-corrected chi connectivity index (χ0v) is 24.6. The van der Waals surface area contributed by atoms with E-state index in [9.17, 15) is 14.4 Å². The summed E-state index contributed by atoms with van der Waals surface area (Å²) in [5.41, 5.74) is 5.23. The Morgan fingerprint density at radius 2 is 1.83 bits per heavy atom. The number of carbonyl (C=O) groups is 3. The van der Waals surface area contributed by atoms with E-state index >= 15 is 0 Å². The number of benzene rings is 2. The Kier molecular flexibility index (Phi) is 7.46. The summed E-state index contributed by atoms with van der Waals surface area (Å²) < 4.78 is 5.55. The van der Waals surface area contributed by atoms with Gasteiger partial charge in [-0.15, -0.1) is 0 Å². The molecule has 1 aromatic heterocycles. The van der Waals surface area contributed by atoms with Crippen LogP contribution in [0.1, 0.15) is 67.2 Å². The first kappa shape index (κ1) is 28.5. The minimum atomic E-state index is -0.677. The highest BCUT2D eigenvalue weighted by molar-refractivity contribution is 6.06. The summed E-state index contributed by atoms with van der Waals surface area (Å²) in [5.74, 6) is 0.203. The van der Waals surface area contributed by atoms with Gasteiger partial charge in [-0.3, -0.25) is 14.4 Å². The van der Waals surface area contributed by atoms with E-state index in [0.717, 1.165) is 33.4 Å². The maximum Gasteiger partial charge on any atom is 0.244 e. The van der Waals surface area contributed by atoms with Crippen LogP contribution >= 0.6 is 0 Å². The van der Waals surface area contributed by atoms with Crippen molar-refractivity contribution in [1.29, 1.82) is 0 Å². The van der Waals surface area contributed by atoms with Gasteiger partial charge in [0.15, 0.2) is 0 Å². The van der Waals surface area contributed by atoms with Gasteiger partial charge in [-0.1, -0.05) is 57.2 Å². The normalized spacial score (nSPS) is 18.0. The van der Waals surface area contributed by atoms with Crippen molar-refractivity contribution in [3.63, 3.8) is 0 Å². The van der Waals surface area contributed by atoms with E-state index < -0.39 is 10.8 Å². The largest absolute Gasteiger partial charge is 0.377 e. The van der Waals surface area contributed by atoms with Gasteiger partial charge in [0, 0.05) is 36.5 Å². The number of ether oxygens (including phenoxy) is 1. The molecule has 1 aliphatic carbocycles. The molecule has 214 valence electrons. The molecule has 5 rings (SSSR count). The Hall–Kier alpha value is -4.04. The molecule has 2 aromatic carbocycles. The number of hydrogen-bond donors (Lipinski definition) is 2. The number of methoxy groups -OCH3 is 1. The summed E-state index contributed by atoms with van der Waals surface area (Å²) in [6, 6.07) is 15.7. The molecule has 0 saturated carbocycles. The van der Waals surface area contributed by atoms with Gasteiger partial charge < -0.3 is 20.3 Å². The molecule has 1 spiro atoms. The van der Waals surface area contributed by atoms with Crippen molar-refractivity contribution < 1.29 is 19.1 Å². The van der Waals surface area contributed by atoms with Gasteiger partial charge in [-0.05, 0) is 66.6 Å². The Labute approximate surface area is 241 Å². The summed E-state index contributed by atoms with van der Waals surface area (Å²) in [6.45, 7) is 9.69. The second kappa shape index (κ2) is 10.7. The third-order valence-electron chi connectivity index (χ3n) is 8.27. The minimum Gasteiger partial charge on any atom is -0.377 e. The van der Waals surface area contributed by atoms with E-state index in [4.69, 9.17) is 4.74 Å². The maximum absolute atomic E-state index is 13.5. The third-order valence-corrected chi connectivity index (χ3v) is 8.27. The number of hydrogen-bond acceptors (Lipinski definition) is 5. The molecule has 2 atom stereocenters. The summed E-state index contributed by atoms with van der Waals surface area (Å²) in [6.07, 6.45) is 2.67. The predicted molar refractivity (Wildman–Crippen MR) is 158 cm³/mol. The van der Waals surface area contributed by atoms with Crippen LogP contribution in [-0.4, -0.2) is 41.3 Å². The standard InChI is InChI=1S/C33H38N4O4/c1-20-14-23-16-33(26-12-9-13-34-29(26)36-30(33)39)17-24(23)15-27(20)35-28(38)19-37(31(40)32(3,4)5)18-22-10-7-8-11-25(22)21(2)41-6/h7-15,21H,16-19H2,1-6H3,(H,35,38)(H,34,36,39). The van der Waals surface area contributed by atoms with Gasteiger partial charge in [0.05, 0.1) is 11.5 Å². The average Bonchev–Trinajstić information content (AvgIpc) is 3.43. The van der Waals surface area contributed by atoms with Crippen LogP contribution in [0.5, 0.6) is 0 Å². The molecular weight excluding hydrogens is 516 g/mol. The molecule has 41 heavy (non-hydrogen) atoms. The molecule has 1 aliphatic heterocycles. The van der Waals surface area contributed by atoms with Crippen LogP contribution in [0.2, 0.25) is 0 Å². The number of fused-ring (bicyclic) bond motifs is 3. The van der Waals surface area contributed by atoms with E-state index in [0.29, 0.717) is 30.9 Å². The number of nitrogens with one attached hydrogen (secondary N) is 2. The lowest BCUT2D eigenvalue weighted by atomic mass is 9.79. The molecule has 0 radical (unpaired) electrons. The summed E-state index contributed by atoms with van der Waals surface area (Å²) in [4.78, 5) is 46.0. The lowest BCUT2D eigenvalue weighted by Crippen LogP contribution is -2.43. The van der Waals surface area contributed by atoms with Crippen LogP contribution < -0.4 is 10.6 Å². The molecule has 0 fully saturated rings. The van der Waals surface area contributed by atoms with Gasteiger partial charge in [0.1, 0.15) is 12.4 Å². The third kappa shape index (κ3) is 5.36. The van der Waals surface area contributed by atoms with E-state index in [-0.39, 0.29) is 30.4 Å². The zero-order valence-electron chi connectivity index (χ0n) is 24.6. The number of aryl methyl sites for hydroxylation is 1. The van der Waals surface area contributed by atoms with Gasteiger partial charge in [-0.2, -0.15) is 0 Å². The SMILES string of the molecule is COC(C)c1ccccc1CN(CC(=O)Nc1cc2c(cc1C)CC1(C2)C(=O)Nc2ncccc21)C(=O)C(C)(C)C. The topological polar surface area (TPSA) is 101 Å². The molecule has 8 heteroatoms. The molecule has 3 amide bonds. The smallest absolute Gasteiger partial charge is 0.244 e. The molecular formula is C33H38N4O4. The summed E-state index contributed by atoms with van der Waals surface area (Å²) in [7, 11) is 1.66. The number of carbonyl (C=O) groups excluding carboxylic acids is 3. The quantitative estimate of drug-likeness (QED) is 0.423. The fourth-order valence-electron chi connectivity index (χ4n) is 6.02. The lowest BCUT2D eigenvalue weighted by molar-refractivity contribution is -0.142. The fraction of sp³-hybridized carbons (Fsp3) is 0.394.